The number of nitrogens with zero attached hydrogens (tertiary/aromatic N) is 1. The van der Waals surface area contributed by atoms with E-state index in [9.17, 15) is 0 Å². The van der Waals surface area contributed by atoms with Gasteiger partial charge in [0.25, 0.3) is 0 Å². The van der Waals surface area contributed by atoms with Gasteiger partial charge in [-0.15, -0.1) is 0 Å². The molecule has 0 saturated carbocycles. The maximum atomic E-state index is 2.55. The van der Waals surface area contributed by atoms with Crippen molar-refractivity contribution in [1.82, 2.24) is 0 Å². The Kier molecular flexibility index (Phi) is 7.32. The highest BCUT2D eigenvalue weighted by Crippen LogP contribution is 2.56. The number of hydrogen-bond acceptors (Lipinski definition) is 1. The van der Waals surface area contributed by atoms with Crippen molar-refractivity contribution < 1.29 is 0 Å². The van der Waals surface area contributed by atoms with Crippen molar-refractivity contribution in [3.8, 4) is 66.8 Å². The zero-order valence-corrected chi connectivity index (χ0v) is 34.5. The molecule has 13 rings (SSSR count). The molecule has 61 heavy (non-hydrogen) atoms. The summed E-state index contributed by atoms with van der Waals surface area (Å²) in [7, 11) is 0. The largest absolute Gasteiger partial charge is 0.310 e. The first-order chi connectivity index (χ1) is 30.0. The lowest BCUT2D eigenvalue weighted by atomic mass is 9.82. The van der Waals surface area contributed by atoms with E-state index in [1.54, 1.807) is 0 Å². The predicted octanol–water partition coefficient (Wildman–Crippen LogP) is 15.5. The molecule has 0 fully saturated rings. The highest BCUT2D eigenvalue weighted by molar-refractivity contribution is 6.02. The third-order valence-electron chi connectivity index (χ3n) is 14.4. The Morgan fingerprint density at radius 3 is 1.64 bits per heavy atom. The molecule has 0 aromatic heterocycles. The first-order valence-corrected chi connectivity index (χ1v) is 21.8. The van der Waals surface area contributed by atoms with Crippen LogP contribution >= 0.6 is 0 Å². The minimum Gasteiger partial charge on any atom is -0.310 e. The van der Waals surface area contributed by atoms with Crippen molar-refractivity contribution in [2.45, 2.75) is 38.5 Å². The Bertz CT molecular complexity index is 3280. The Balaban J connectivity index is 0.940. The van der Waals surface area contributed by atoms with Crippen molar-refractivity contribution in [3.63, 3.8) is 0 Å². The Hall–Kier alpha value is -7.22. The van der Waals surface area contributed by atoms with Gasteiger partial charge in [-0.05, 0) is 173 Å². The molecule has 0 atom stereocenters. The summed E-state index contributed by atoms with van der Waals surface area (Å²) in [6.07, 6.45) is 2.93. The van der Waals surface area contributed by atoms with E-state index >= 15 is 0 Å². The van der Waals surface area contributed by atoms with E-state index in [4.69, 9.17) is 0 Å². The topological polar surface area (TPSA) is 3.24 Å². The highest BCUT2D eigenvalue weighted by atomic mass is 15.1. The Labute approximate surface area is 358 Å². The molecule has 0 saturated heterocycles. The van der Waals surface area contributed by atoms with Crippen LogP contribution in [-0.4, -0.2) is 0 Å². The molecule has 9 aromatic rings. The van der Waals surface area contributed by atoms with Gasteiger partial charge < -0.3 is 4.90 Å². The van der Waals surface area contributed by atoms with Crippen LogP contribution in [0.15, 0.2) is 188 Å². The van der Waals surface area contributed by atoms with Gasteiger partial charge in [-0.3, -0.25) is 0 Å². The molecule has 0 unspecified atom stereocenters. The first-order valence-electron chi connectivity index (χ1n) is 21.8. The molecule has 4 aliphatic carbocycles. The van der Waals surface area contributed by atoms with Crippen LogP contribution in [-0.2, 0) is 24.7 Å². The fourth-order valence-corrected chi connectivity index (χ4v) is 11.5. The Morgan fingerprint density at radius 2 is 0.885 bits per heavy atom. The van der Waals surface area contributed by atoms with E-state index in [0.29, 0.717) is 0 Å². The lowest BCUT2D eigenvalue weighted by Crippen LogP contribution is -2.16. The van der Waals surface area contributed by atoms with E-state index in [1.807, 2.05) is 0 Å². The van der Waals surface area contributed by atoms with Crippen molar-refractivity contribution in [2.75, 3.05) is 4.90 Å². The van der Waals surface area contributed by atoms with Gasteiger partial charge in [-0.25, -0.2) is 0 Å². The molecule has 0 heterocycles. The SMILES string of the molecule is CC1(C)c2ccccc2-c2ccc(N(c3ccc(-c4ccccc4)cc3)c3ccc(-c4cc5c(c6c4Cc4ccccc4-6)-c4c(ccc6c4Cc4ccccc4-6)C5)cc3)cc21. The molecule has 0 spiro atoms. The van der Waals surface area contributed by atoms with Gasteiger partial charge in [-0.1, -0.05) is 159 Å². The van der Waals surface area contributed by atoms with Crippen LogP contribution in [0.25, 0.3) is 66.8 Å². The molecule has 0 radical (unpaired) electrons. The average Bonchev–Trinajstić information content (AvgIpc) is 4.05. The minimum atomic E-state index is -0.0934. The number of hydrogen-bond donors (Lipinski definition) is 0. The van der Waals surface area contributed by atoms with Crippen LogP contribution in [0.3, 0.4) is 0 Å². The predicted molar refractivity (Wildman–Crippen MR) is 254 cm³/mol. The van der Waals surface area contributed by atoms with Gasteiger partial charge >= 0.3 is 0 Å². The monoisotopic (exact) mass is 777 g/mol. The number of rotatable bonds is 5. The molecule has 0 bridgehead atoms. The molecule has 288 valence electrons. The summed E-state index contributed by atoms with van der Waals surface area (Å²) in [6, 6.07) is 70.7. The lowest BCUT2D eigenvalue weighted by molar-refractivity contribution is 0.660. The van der Waals surface area contributed by atoms with E-state index in [1.165, 1.54) is 117 Å². The summed E-state index contributed by atoms with van der Waals surface area (Å²) >= 11 is 0. The fourth-order valence-electron chi connectivity index (χ4n) is 11.5. The second-order valence-electron chi connectivity index (χ2n) is 18.0. The molecular weight excluding hydrogens is 735 g/mol. The van der Waals surface area contributed by atoms with Crippen molar-refractivity contribution in [3.05, 3.63) is 233 Å². The van der Waals surface area contributed by atoms with Crippen LogP contribution in [0.4, 0.5) is 17.1 Å². The van der Waals surface area contributed by atoms with Crippen LogP contribution < -0.4 is 4.90 Å². The smallest absolute Gasteiger partial charge is 0.0465 e. The molecule has 4 aliphatic rings. The lowest BCUT2D eigenvalue weighted by Gasteiger charge is -2.28. The van der Waals surface area contributed by atoms with E-state index in [2.05, 4.69) is 207 Å². The number of anilines is 3. The second-order valence-corrected chi connectivity index (χ2v) is 18.0. The standard InChI is InChI=1S/C60H43N/c1-60(2)55-19-11-10-18-50(55)51-31-29-46(36-56(51)60)61(44-25-20-38(21-26-44)37-12-4-3-5-13-37)45-27-22-39(23-28-45)52-35-43-32-42-24-30-49-47-16-8-6-14-40(47)33-53(49)57(42)58(43)59-48-17-9-7-15-41(48)34-54(52)59/h3-31,35-36H,32-34H2,1-2H3. The molecule has 0 aliphatic heterocycles. The maximum absolute atomic E-state index is 2.55. The van der Waals surface area contributed by atoms with Crippen molar-refractivity contribution in [2.24, 2.45) is 0 Å². The third kappa shape index (κ3) is 5.07. The van der Waals surface area contributed by atoms with Gasteiger partial charge in [0.1, 0.15) is 0 Å². The Morgan fingerprint density at radius 1 is 0.328 bits per heavy atom. The maximum Gasteiger partial charge on any atom is 0.0465 e. The van der Waals surface area contributed by atoms with E-state index in [-0.39, 0.29) is 5.41 Å². The van der Waals surface area contributed by atoms with E-state index in [0.717, 1.165) is 30.6 Å². The summed E-state index contributed by atoms with van der Waals surface area (Å²) in [6.45, 7) is 4.74. The molecule has 9 aromatic carbocycles. The highest BCUT2D eigenvalue weighted by Gasteiger charge is 2.37. The summed E-state index contributed by atoms with van der Waals surface area (Å²) in [5.74, 6) is 0. The summed E-state index contributed by atoms with van der Waals surface area (Å²) < 4.78 is 0. The van der Waals surface area contributed by atoms with E-state index < -0.39 is 0 Å². The van der Waals surface area contributed by atoms with Crippen molar-refractivity contribution >= 4 is 17.1 Å². The first kappa shape index (κ1) is 34.6. The zero-order chi connectivity index (χ0) is 40.4. The summed E-state index contributed by atoms with van der Waals surface area (Å²) in [5, 5.41) is 0. The molecular formula is C60H43N. The molecule has 0 amide bonds. The average molecular weight is 778 g/mol. The van der Waals surface area contributed by atoms with Crippen LogP contribution in [0, 0.1) is 0 Å². The summed E-state index contributed by atoms with van der Waals surface area (Å²) in [4.78, 5) is 2.44. The van der Waals surface area contributed by atoms with Crippen LogP contribution in [0.1, 0.15) is 58.4 Å². The zero-order valence-electron chi connectivity index (χ0n) is 34.5. The number of fused-ring (bicyclic) bond motifs is 14. The minimum absolute atomic E-state index is 0.0934. The second kappa shape index (κ2) is 12.9. The molecule has 0 N–H and O–H groups in total. The molecule has 1 heteroatoms. The normalized spacial score (nSPS) is 14.0. The van der Waals surface area contributed by atoms with Gasteiger partial charge in [0.2, 0.25) is 0 Å². The third-order valence-corrected chi connectivity index (χ3v) is 14.4. The summed E-state index contributed by atoms with van der Waals surface area (Å²) in [5.41, 5.74) is 31.3. The van der Waals surface area contributed by atoms with Crippen LogP contribution in [0.5, 0.6) is 0 Å². The van der Waals surface area contributed by atoms with Crippen molar-refractivity contribution in [1.29, 1.82) is 0 Å². The van der Waals surface area contributed by atoms with Gasteiger partial charge in [0.15, 0.2) is 0 Å². The fraction of sp³-hybridized carbons (Fsp3) is 0.100. The van der Waals surface area contributed by atoms with Gasteiger partial charge in [-0.2, -0.15) is 0 Å². The van der Waals surface area contributed by atoms with Gasteiger partial charge in [0.05, 0.1) is 0 Å². The van der Waals surface area contributed by atoms with Gasteiger partial charge in [0, 0.05) is 22.5 Å². The number of benzene rings is 9. The molecule has 1 nitrogen and oxygen atoms in total. The quantitative estimate of drug-likeness (QED) is 0.168. The van der Waals surface area contributed by atoms with Crippen LogP contribution in [0.2, 0.25) is 0 Å².